The minimum absolute atomic E-state index is 0.193. The van der Waals surface area contributed by atoms with E-state index >= 15 is 0 Å². The van der Waals surface area contributed by atoms with Crippen LogP contribution in [0, 0.1) is 6.92 Å². The molecule has 3 aromatic rings. The van der Waals surface area contributed by atoms with Crippen molar-refractivity contribution in [1.82, 2.24) is 15.0 Å². The summed E-state index contributed by atoms with van der Waals surface area (Å²) in [5, 5.41) is 1.43. The largest absolute Gasteiger partial charge is 0.324 e. The maximum Gasteiger partial charge on any atom is 0.260 e. The van der Waals surface area contributed by atoms with Crippen molar-refractivity contribution in [2.75, 3.05) is 0 Å². The van der Waals surface area contributed by atoms with Gasteiger partial charge in [0.05, 0.1) is 17.4 Å². The van der Waals surface area contributed by atoms with Crippen molar-refractivity contribution >= 4 is 21.9 Å². The van der Waals surface area contributed by atoms with Gasteiger partial charge in [-0.15, -0.1) is 0 Å². The second-order valence-electron chi connectivity index (χ2n) is 4.22. The third-order valence-corrected chi connectivity index (χ3v) is 2.96. The van der Waals surface area contributed by atoms with Crippen LogP contribution in [0.4, 0.5) is 0 Å². The summed E-state index contributed by atoms with van der Waals surface area (Å²) in [4.78, 5) is 23.3. The predicted octanol–water partition coefficient (Wildman–Crippen LogP) is 1.24. The number of rotatable bonds is 1. The van der Waals surface area contributed by atoms with Gasteiger partial charge in [0.15, 0.2) is 5.65 Å². The smallest absolute Gasteiger partial charge is 0.260 e. The molecule has 0 radical (unpaired) electrons. The van der Waals surface area contributed by atoms with Crippen LogP contribution in [-0.2, 0) is 6.54 Å². The Balaban J connectivity index is 2.49. The molecule has 18 heavy (non-hydrogen) atoms. The fourth-order valence-corrected chi connectivity index (χ4v) is 2.04. The molecular formula is C13H12N4O. The van der Waals surface area contributed by atoms with Gasteiger partial charge in [-0.2, -0.15) is 0 Å². The topological polar surface area (TPSA) is 84.7 Å². The second kappa shape index (κ2) is 3.89. The molecule has 3 N–H and O–H groups in total. The lowest BCUT2D eigenvalue weighted by atomic mass is 10.1. The Morgan fingerprint density at radius 3 is 2.94 bits per heavy atom. The average Bonchev–Trinajstić information content (AvgIpc) is 2.38. The number of hydrogen-bond acceptors (Lipinski definition) is 4. The number of H-pyrrole nitrogens is 1. The molecule has 0 aliphatic rings. The fourth-order valence-electron chi connectivity index (χ4n) is 2.04. The summed E-state index contributed by atoms with van der Waals surface area (Å²) in [6, 6.07) is 7.68. The van der Waals surface area contributed by atoms with E-state index in [2.05, 4.69) is 15.0 Å². The first-order valence-electron chi connectivity index (χ1n) is 5.68. The van der Waals surface area contributed by atoms with Crippen molar-refractivity contribution in [3.63, 3.8) is 0 Å². The highest BCUT2D eigenvalue weighted by atomic mass is 16.1. The fraction of sp³-hybridized carbons (Fsp3) is 0.154. The first-order chi connectivity index (χ1) is 8.69. The number of aromatic amines is 1. The van der Waals surface area contributed by atoms with E-state index in [4.69, 9.17) is 5.73 Å². The van der Waals surface area contributed by atoms with E-state index < -0.39 is 0 Å². The van der Waals surface area contributed by atoms with Gasteiger partial charge < -0.3 is 10.7 Å². The molecule has 0 spiro atoms. The second-order valence-corrected chi connectivity index (χ2v) is 4.22. The SMILES string of the molecule is Cc1cccc2cc3c(=O)[nH]c(CN)nc3nc12. The lowest BCUT2D eigenvalue weighted by molar-refractivity contribution is 0.908. The van der Waals surface area contributed by atoms with Crippen LogP contribution >= 0.6 is 0 Å². The molecule has 0 unspecified atom stereocenters. The molecule has 90 valence electrons. The monoisotopic (exact) mass is 240 g/mol. The number of hydrogen-bond donors (Lipinski definition) is 2. The standard InChI is InChI=1S/C13H12N4O/c1-7-3-2-4-8-5-9-12(17-11(7)8)15-10(6-14)16-13(9)18/h2-5H,6,14H2,1H3,(H,15,16,17,18). The zero-order valence-corrected chi connectivity index (χ0v) is 9.90. The minimum atomic E-state index is -0.198. The first kappa shape index (κ1) is 10.9. The van der Waals surface area contributed by atoms with Crippen LogP contribution in [0.3, 0.4) is 0 Å². The molecule has 0 aliphatic heterocycles. The molecule has 0 fully saturated rings. The van der Waals surface area contributed by atoms with Crippen molar-refractivity contribution < 1.29 is 0 Å². The summed E-state index contributed by atoms with van der Waals surface area (Å²) < 4.78 is 0. The van der Waals surface area contributed by atoms with Crippen LogP contribution < -0.4 is 11.3 Å². The maximum atomic E-state index is 11.9. The highest BCUT2D eigenvalue weighted by molar-refractivity contribution is 5.92. The number of nitrogens with zero attached hydrogens (tertiary/aromatic N) is 2. The van der Waals surface area contributed by atoms with E-state index in [9.17, 15) is 4.79 Å². The van der Waals surface area contributed by atoms with E-state index in [1.807, 2.05) is 31.2 Å². The third-order valence-electron chi connectivity index (χ3n) is 2.96. The highest BCUT2D eigenvalue weighted by Crippen LogP contribution is 2.18. The molecule has 0 amide bonds. The molecule has 0 saturated carbocycles. The summed E-state index contributed by atoms with van der Waals surface area (Å²) >= 11 is 0. The third kappa shape index (κ3) is 1.56. The summed E-state index contributed by atoms with van der Waals surface area (Å²) in [7, 11) is 0. The Bertz CT molecular complexity index is 807. The lowest BCUT2D eigenvalue weighted by Gasteiger charge is -2.04. The summed E-state index contributed by atoms with van der Waals surface area (Å²) in [6.07, 6.45) is 0. The molecule has 1 aromatic carbocycles. The van der Waals surface area contributed by atoms with Crippen LogP contribution in [0.2, 0.25) is 0 Å². The van der Waals surface area contributed by atoms with Crippen LogP contribution in [-0.4, -0.2) is 15.0 Å². The van der Waals surface area contributed by atoms with E-state index in [-0.39, 0.29) is 12.1 Å². The quantitative estimate of drug-likeness (QED) is 0.627. The van der Waals surface area contributed by atoms with Crippen LogP contribution in [0.15, 0.2) is 29.1 Å². The van der Waals surface area contributed by atoms with Crippen molar-refractivity contribution in [1.29, 1.82) is 0 Å². The zero-order valence-electron chi connectivity index (χ0n) is 9.90. The molecule has 5 heteroatoms. The van der Waals surface area contributed by atoms with Gasteiger partial charge in [-0.25, -0.2) is 9.97 Å². The lowest BCUT2D eigenvalue weighted by Crippen LogP contribution is -2.15. The van der Waals surface area contributed by atoms with Crippen LogP contribution in [0.5, 0.6) is 0 Å². The summed E-state index contributed by atoms with van der Waals surface area (Å²) in [5.41, 5.74) is 7.67. The van der Waals surface area contributed by atoms with E-state index in [1.54, 1.807) is 0 Å². The Hall–Kier alpha value is -2.27. The number of pyridine rings is 1. The van der Waals surface area contributed by atoms with Gasteiger partial charge in [-0.1, -0.05) is 18.2 Å². The molecule has 0 atom stereocenters. The number of aryl methyl sites for hydroxylation is 1. The number of nitrogens with two attached hydrogens (primary N) is 1. The van der Waals surface area contributed by atoms with Gasteiger partial charge in [0, 0.05) is 5.39 Å². The number of para-hydroxylation sites is 1. The highest BCUT2D eigenvalue weighted by Gasteiger charge is 2.07. The molecule has 5 nitrogen and oxygen atoms in total. The van der Waals surface area contributed by atoms with Crippen LogP contribution in [0.25, 0.3) is 21.9 Å². The van der Waals surface area contributed by atoms with Gasteiger partial charge in [0.2, 0.25) is 0 Å². The Kier molecular flexibility index (Phi) is 2.34. The predicted molar refractivity (Wildman–Crippen MR) is 70.3 cm³/mol. The molecule has 3 rings (SSSR count). The minimum Gasteiger partial charge on any atom is -0.324 e. The zero-order chi connectivity index (χ0) is 12.7. The molecule has 0 bridgehead atoms. The van der Waals surface area contributed by atoms with Crippen molar-refractivity contribution in [3.05, 3.63) is 46.0 Å². The van der Waals surface area contributed by atoms with Gasteiger partial charge >= 0.3 is 0 Å². The maximum absolute atomic E-state index is 11.9. The Morgan fingerprint density at radius 2 is 2.17 bits per heavy atom. The van der Waals surface area contributed by atoms with E-state index in [0.29, 0.717) is 16.9 Å². The van der Waals surface area contributed by atoms with Gasteiger partial charge in [0.25, 0.3) is 5.56 Å². The van der Waals surface area contributed by atoms with Gasteiger partial charge in [0.1, 0.15) is 5.82 Å². The number of nitrogens with one attached hydrogen (secondary N) is 1. The normalized spacial score (nSPS) is 11.2. The molecular weight excluding hydrogens is 228 g/mol. The molecule has 2 heterocycles. The Morgan fingerprint density at radius 1 is 1.33 bits per heavy atom. The summed E-state index contributed by atoms with van der Waals surface area (Å²) in [5.74, 6) is 0.452. The van der Waals surface area contributed by atoms with Crippen molar-refractivity contribution in [3.8, 4) is 0 Å². The van der Waals surface area contributed by atoms with E-state index in [1.165, 1.54) is 0 Å². The number of fused-ring (bicyclic) bond motifs is 2. The van der Waals surface area contributed by atoms with Crippen molar-refractivity contribution in [2.45, 2.75) is 13.5 Å². The average molecular weight is 240 g/mol. The number of benzene rings is 1. The summed E-state index contributed by atoms with van der Waals surface area (Å²) in [6.45, 7) is 2.18. The molecule has 2 aromatic heterocycles. The van der Waals surface area contributed by atoms with Crippen LogP contribution in [0.1, 0.15) is 11.4 Å². The van der Waals surface area contributed by atoms with E-state index in [0.717, 1.165) is 16.5 Å². The number of aromatic nitrogens is 3. The van der Waals surface area contributed by atoms with Crippen molar-refractivity contribution in [2.24, 2.45) is 5.73 Å². The molecule has 0 saturated heterocycles. The van der Waals surface area contributed by atoms with Gasteiger partial charge in [-0.3, -0.25) is 4.79 Å². The van der Waals surface area contributed by atoms with Gasteiger partial charge in [-0.05, 0) is 18.6 Å². The first-order valence-corrected chi connectivity index (χ1v) is 5.68. The Labute approximate surface area is 103 Å². The molecule has 0 aliphatic carbocycles.